The van der Waals surface area contributed by atoms with Crippen LogP contribution in [0, 0.1) is 5.92 Å². The molecule has 0 radical (unpaired) electrons. The highest BCUT2D eigenvalue weighted by atomic mass is 16.4. The Bertz CT molecular complexity index is 350. The molecule has 1 rings (SSSR count). The SMILES string of the molecule is CCC(C)Cc1nnnn1C(C)CC(=O)O. The molecule has 0 aromatic carbocycles. The van der Waals surface area contributed by atoms with Crippen LogP contribution in [0.3, 0.4) is 0 Å². The summed E-state index contributed by atoms with van der Waals surface area (Å²) in [5, 5.41) is 20.1. The van der Waals surface area contributed by atoms with Crippen LogP contribution in [0.15, 0.2) is 0 Å². The van der Waals surface area contributed by atoms with E-state index in [-0.39, 0.29) is 12.5 Å². The highest BCUT2D eigenvalue weighted by molar-refractivity contribution is 5.67. The number of carboxylic acid groups (broad SMARTS) is 1. The van der Waals surface area contributed by atoms with Crippen LogP contribution in [-0.4, -0.2) is 31.3 Å². The van der Waals surface area contributed by atoms with Gasteiger partial charge in [0.1, 0.15) is 0 Å². The number of rotatable bonds is 6. The van der Waals surface area contributed by atoms with Gasteiger partial charge in [0.15, 0.2) is 5.82 Å². The van der Waals surface area contributed by atoms with Gasteiger partial charge in [0, 0.05) is 6.42 Å². The lowest BCUT2D eigenvalue weighted by Gasteiger charge is -2.12. The standard InChI is InChI=1S/C10H18N4O2/c1-4-7(2)5-9-11-12-13-14(9)8(3)6-10(15)16/h7-8H,4-6H2,1-3H3,(H,15,16). The van der Waals surface area contributed by atoms with Crippen LogP contribution in [0.1, 0.15) is 45.5 Å². The predicted molar refractivity (Wildman–Crippen MR) is 57.9 cm³/mol. The first-order valence-electron chi connectivity index (χ1n) is 5.53. The van der Waals surface area contributed by atoms with E-state index in [2.05, 4.69) is 29.4 Å². The van der Waals surface area contributed by atoms with E-state index in [1.165, 1.54) is 0 Å². The smallest absolute Gasteiger partial charge is 0.305 e. The van der Waals surface area contributed by atoms with Crippen molar-refractivity contribution < 1.29 is 9.90 Å². The van der Waals surface area contributed by atoms with Gasteiger partial charge in [-0.15, -0.1) is 5.10 Å². The Labute approximate surface area is 94.7 Å². The summed E-state index contributed by atoms with van der Waals surface area (Å²) in [5.41, 5.74) is 0. The van der Waals surface area contributed by atoms with Gasteiger partial charge in [-0.3, -0.25) is 4.79 Å². The lowest BCUT2D eigenvalue weighted by atomic mass is 10.0. The van der Waals surface area contributed by atoms with E-state index in [0.717, 1.165) is 18.7 Å². The maximum absolute atomic E-state index is 10.6. The third-order valence-electron chi connectivity index (χ3n) is 2.68. The molecule has 1 aromatic heterocycles. The van der Waals surface area contributed by atoms with E-state index in [1.54, 1.807) is 4.68 Å². The Kier molecular flexibility index (Phi) is 4.39. The Hall–Kier alpha value is -1.46. The number of nitrogens with zero attached hydrogens (tertiary/aromatic N) is 4. The molecule has 90 valence electrons. The summed E-state index contributed by atoms with van der Waals surface area (Å²) in [4.78, 5) is 10.6. The van der Waals surface area contributed by atoms with Gasteiger partial charge in [-0.1, -0.05) is 20.3 Å². The van der Waals surface area contributed by atoms with Crippen molar-refractivity contribution in [1.29, 1.82) is 0 Å². The molecule has 2 atom stereocenters. The minimum Gasteiger partial charge on any atom is -0.481 e. The van der Waals surface area contributed by atoms with Crippen LogP contribution in [0.25, 0.3) is 0 Å². The third-order valence-corrected chi connectivity index (χ3v) is 2.68. The van der Waals surface area contributed by atoms with Gasteiger partial charge in [-0.05, 0) is 23.3 Å². The Morgan fingerprint density at radius 3 is 2.75 bits per heavy atom. The van der Waals surface area contributed by atoms with E-state index in [4.69, 9.17) is 5.11 Å². The van der Waals surface area contributed by atoms with Crippen molar-refractivity contribution in [1.82, 2.24) is 20.2 Å². The number of carboxylic acids is 1. The van der Waals surface area contributed by atoms with Crippen LogP contribution in [0.2, 0.25) is 0 Å². The highest BCUT2D eigenvalue weighted by Crippen LogP contribution is 2.14. The van der Waals surface area contributed by atoms with Crippen molar-refractivity contribution in [3.05, 3.63) is 5.82 Å². The number of tetrazole rings is 1. The summed E-state index contributed by atoms with van der Waals surface area (Å²) in [6.45, 7) is 6.05. The van der Waals surface area contributed by atoms with Crippen molar-refractivity contribution in [2.24, 2.45) is 5.92 Å². The molecule has 0 saturated heterocycles. The molecule has 0 bridgehead atoms. The van der Waals surface area contributed by atoms with Crippen LogP contribution < -0.4 is 0 Å². The molecular formula is C10H18N4O2. The molecule has 16 heavy (non-hydrogen) atoms. The summed E-state index contributed by atoms with van der Waals surface area (Å²) in [6, 6.07) is -0.202. The van der Waals surface area contributed by atoms with Crippen LogP contribution >= 0.6 is 0 Å². The minimum absolute atomic E-state index is 0.0402. The molecule has 6 heteroatoms. The van der Waals surface area contributed by atoms with Crippen LogP contribution in [0.5, 0.6) is 0 Å². The zero-order chi connectivity index (χ0) is 12.1. The third kappa shape index (κ3) is 3.29. The lowest BCUT2D eigenvalue weighted by Crippen LogP contribution is -2.16. The molecule has 1 N–H and O–H groups in total. The number of hydrogen-bond acceptors (Lipinski definition) is 4. The molecule has 0 aliphatic heterocycles. The Morgan fingerprint density at radius 1 is 1.50 bits per heavy atom. The fraction of sp³-hybridized carbons (Fsp3) is 0.800. The van der Waals surface area contributed by atoms with E-state index >= 15 is 0 Å². The summed E-state index contributed by atoms with van der Waals surface area (Å²) < 4.78 is 1.61. The molecule has 6 nitrogen and oxygen atoms in total. The van der Waals surface area contributed by atoms with Crippen molar-refractivity contribution in [3.8, 4) is 0 Å². The molecular weight excluding hydrogens is 208 g/mol. The molecule has 1 aromatic rings. The quantitative estimate of drug-likeness (QED) is 0.790. The zero-order valence-corrected chi connectivity index (χ0v) is 9.92. The summed E-state index contributed by atoms with van der Waals surface area (Å²) in [7, 11) is 0. The fourth-order valence-electron chi connectivity index (χ4n) is 1.48. The largest absolute Gasteiger partial charge is 0.481 e. The average molecular weight is 226 g/mol. The number of aromatic nitrogens is 4. The maximum atomic E-state index is 10.6. The highest BCUT2D eigenvalue weighted by Gasteiger charge is 2.16. The van der Waals surface area contributed by atoms with Crippen molar-refractivity contribution in [2.45, 2.75) is 46.1 Å². The number of carbonyl (C=O) groups is 1. The summed E-state index contributed by atoms with van der Waals surface area (Å²) in [5.74, 6) is 0.433. The van der Waals surface area contributed by atoms with Crippen molar-refractivity contribution in [2.75, 3.05) is 0 Å². The minimum atomic E-state index is -0.836. The van der Waals surface area contributed by atoms with Gasteiger partial charge in [-0.25, -0.2) is 4.68 Å². The second-order valence-electron chi connectivity index (χ2n) is 4.20. The first-order chi connectivity index (χ1) is 7.54. The van der Waals surface area contributed by atoms with E-state index in [0.29, 0.717) is 5.92 Å². The molecule has 0 spiro atoms. The molecule has 1 heterocycles. The number of hydrogen-bond donors (Lipinski definition) is 1. The van der Waals surface area contributed by atoms with Gasteiger partial charge >= 0.3 is 5.97 Å². The lowest BCUT2D eigenvalue weighted by molar-refractivity contribution is -0.137. The van der Waals surface area contributed by atoms with Crippen molar-refractivity contribution in [3.63, 3.8) is 0 Å². The number of aliphatic carboxylic acids is 1. The normalized spacial score (nSPS) is 14.7. The molecule has 0 aliphatic carbocycles. The van der Waals surface area contributed by atoms with E-state index < -0.39 is 5.97 Å². The molecule has 0 fully saturated rings. The molecule has 2 unspecified atom stereocenters. The van der Waals surface area contributed by atoms with Gasteiger partial charge in [-0.2, -0.15) is 0 Å². The zero-order valence-electron chi connectivity index (χ0n) is 9.92. The van der Waals surface area contributed by atoms with E-state index in [9.17, 15) is 4.79 Å². The monoisotopic (exact) mass is 226 g/mol. The summed E-state index contributed by atoms with van der Waals surface area (Å²) in [6.07, 6.45) is 1.88. The molecule has 0 saturated carbocycles. The average Bonchev–Trinajstić information content (AvgIpc) is 2.64. The van der Waals surface area contributed by atoms with Gasteiger partial charge in [0.2, 0.25) is 0 Å². The Balaban J connectivity index is 2.73. The second-order valence-corrected chi connectivity index (χ2v) is 4.20. The summed E-state index contributed by atoms with van der Waals surface area (Å²) >= 11 is 0. The fourth-order valence-corrected chi connectivity index (χ4v) is 1.48. The van der Waals surface area contributed by atoms with Crippen molar-refractivity contribution >= 4 is 5.97 Å². The van der Waals surface area contributed by atoms with Gasteiger partial charge in [0.25, 0.3) is 0 Å². The topological polar surface area (TPSA) is 80.9 Å². The first kappa shape index (κ1) is 12.6. The van der Waals surface area contributed by atoms with Gasteiger partial charge in [0.05, 0.1) is 12.5 Å². The van der Waals surface area contributed by atoms with E-state index in [1.807, 2.05) is 6.92 Å². The predicted octanol–water partition coefficient (Wildman–Crippen LogP) is 1.30. The Morgan fingerprint density at radius 2 is 2.19 bits per heavy atom. The van der Waals surface area contributed by atoms with Crippen LogP contribution in [-0.2, 0) is 11.2 Å². The van der Waals surface area contributed by atoms with Gasteiger partial charge < -0.3 is 5.11 Å². The molecule has 0 amide bonds. The second kappa shape index (κ2) is 5.58. The maximum Gasteiger partial charge on any atom is 0.305 e. The molecule has 0 aliphatic rings. The van der Waals surface area contributed by atoms with Crippen LogP contribution in [0.4, 0.5) is 0 Å². The first-order valence-corrected chi connectivity index (χ1v) is 5.53.